The van der Waals surface area contributed by atoms with Crippen molar-refractivity contribution >= 4 is 17.4 Å². The van der Waals surface area contributed by atoms with Gasteiger partial charge in [0.15, 0.2) is 0 Å². The number of ketones is 1. The van der Waals surface area contributed by atoms with Crippen molar-refractivity contribution in [2.45, 2.75) is 26.0 Å². The molecule has 0 aliphatic carbocycles. The molecule has 1 saturated heterocycles. The van der Waals surface area contributed by atoms with Crippen molar-refractivity contribution in [3.8, 4) is 11.5 Å². The van der Waals surface area contributed by atoms with Crippen molar-refractivity contribution < 1.29 is 24.2 Å². The monoisotopic (exact) mass is 438 g/mol. The summed E-state index contributed by atoms with van der Waals surface area (Å²) >= 11 is 0. The van der Waals surface area contributed by atoms with Gasteiger partial charge in [-0.05, 0) is 46.1 Å². The van der Waals surface area contributed by atoms with Gasteiger partial charge in [0.05, 0.1) is 24.8 Å². The summed E-state index contributed by atoms with van der Waals surface area (Å²) in [7, 11) is 5.33. The van der Waals surface area contributed by atoms with Gasteiger partial charge in [0.25, 0.3) is 11.7 Å². The van der Waals surface area contributed by atoms with Crippen LogP contribution in [-0.2, 0) is 9.59 Å². The van der Waals surface area contributed by atoms with Crippen molar-refractivity contribution in [1.82, 2.24) is 9.80 Å². The molecule has 1 amide bonds. The van der Waals surface area contributed by atoms with E-state index in [2.05, 4.69) is 0 Å². The first-order chi connectivity index (χ1) is 15.2. The van der Waals surface area contributed by atoms with Gasteiger partial charge in [-0.15, -0.1) is 0 Å². The molecule has 0 bridgehead atoms. The molecule has 0 saturated carbocycles. The molecule has 7 heteroatoms. The minimum atomic E-state index is -0.763. The van der Waals surface area contributed by atoms with E-state index in [1.807, 2.05) is 51.0 Å². The SMILES string of the molecule is COc1ccccc1C1/C(=C(\O)c2cccc(OC(C)C)c2)C(=O)C(=O)N1CCN(C)C. The van der Waals surface area contributed by atoms with Crippen LogP contribution in [0, 0.1) is 0 Å². The highest BCUT2D eigenvalue weighted by Crippen LogP contribution is 2.42. The van der Waals surface area contributed by atoms with E-state index in [1.54, 1.807) is 30.3 Å². The van der Waals surface area contributed by atoms with Crippen LogP contribution < -0.4 is 9.47 Å². The Hall–Kier alpha value is -3.32. The predicted molar refractivity (Wildman–Crippen MR) is 123 cm³/mol. The molecule has 1 atom stereocenters. The zero-order chi connectivity index (χ0) is 23.4. The smallest absolute Gasteiger partial charge is 0.295 e. The molecule has 1 unspecified atom stereocenters. The van der Waals surface area contributed by atoms with Crippen LogP contribution in [0.1, 0.15) is 31.0 Å². The van der Waals surface area contributed by atoms with Crippen LogP contribution >= 0.6 is 0 Å². The number of aliphatic hydroxyl groups is 1. The molecule has 1 fully saturated rings. The van der Waals surface area contributed by atoms with Gasteiger partial charge in [-0.2, -0.15) is 0 Å². The lowest BCUT2D eigenvalue weighted by Crippen LogP contribution is -2.35. The minimum Gasteiger partial charge on any atom is -0.507 e. The lowest BCUT2D eigenvalue weighted by atomic mass is 9.94. The van der Waals surface area contributed by atoms with Gasteiger partial charge in [0.2, 0.25) is 0 Å². The van der Waals surface area contributed by atoms with Crippen LogP contribution in [-0.4, -0.2) is 67.0 Å². The molecule has 170 valence electrons. The van der Waals surface area contributed by atoms with Gasteiger partial charge in [0.1, 0.15) is 17.3 Å². The second-order valence-electron chi connectivity index (χ2n) is 8.23. The number of amides is 1. The molecular weight excluding hydrogens is 408 g/mol. The number of rotatable bonds is 8. The number of Topliss-reactive ketones (excluding diaryl/α,β-unsaturated/α-hetero) is 1. The number of hydrogen-bond acceptors (Lipinski definition) is 6. The molecule has 2 aromatic rings. The average Bonchev–Trinajstić information content (AvgIpc) is 3.01. The zero-order valence-electron chi connectivity index (χ0n) is 19.2. The first kappa shape index (κ1) is 23.3. The third kappa shape index (κ3) is 4.78. The normalized spacial score (nSPS) is 18.0. The number of hydrogen-bond donors (Lipinski definition) is 1. The Morgan fingerprint density at radius 2 is 1.84 bits per heavy atom. The third-order valence-electron chi connectivity index (χ3n) is 5.24. The largest absolute Gasteiger partial charge is 0.507 e. The highest BCUT2D eigenvalue weighted by atomic mass is 16.5. The molecule has 1 N–H and O–H groups in total. The number of aliphatic hydroxyl groups excluding tert-OH is 1. The van der Waals surface area contributed by atoms with Crippen molar-refractivity contribution in [3.05, 3.63) is 65.2 Å². The Morgan fingerprint density at radius 3 is 2.50 bits per heavy atom. The first-order valence-corrected chi connectivity index (χ1v) is 10.6. The predicted octanol–water partition coefficient (Wildman–Crippen LogP) is 3.47. The van der Waals surface area contributed by atoms with E-state index < -0.39 is 17.7 Å². The van der Waals surface area contributed by atoms with Crippen LogP contribution in [0.5, 0.6) is 11.5 Å². The number of carbonyl (C=O) groups is 2. The van der Waals surface area contributed by atoms with Gasteiger partial charge < -0.3 is 24.4 Å². The van der Waals surface area contributed by atoms with Crippen LogP contribution in [0.25, 0.3) is 5.76 Å². The van der Waals surface area contributed by atoms with Crippen molar-refractivity contribution in [2.24, 2.45) is 0 Å². The quantitative estimate of drug-likeness (QED) is 0.386. The van der Waals surface area contributed by atoms with E-state index in [1.165, 1.54) is 12.0 Å². The number of nitrogens with zero attached hydrogens (tertiary/aromatic N) is 2. The number of benzene rings is 2. The molecule has 7 nitrogen and oxygen atoms in total. The number of ether oxygens (including phenoxy) is 2. The van der Waals surface area contributed by atoms with Gasteiger partial charge in [0, 0.05) is 24.2 Å². The molecule has 1 aliphatic rings. The zero-order valence-corrected chi connectivity index (χ0v) is 19.2. The van der Waals surface area contributed by atoms with Gasteiger partial charge >= 0.3 is 0 Å². The minimum absolute atomic E-state index is 0.0416. The molecule has 2 aromatic carbocycles. The Kier molecular flexibility index (Phi) is 7.20. The van der Waals surface area contributed by atoms with E-state index in [0.717, 1.165) is 0 Å². The van der Waals surface area contributed by atoms with E-state index in [-0.39, 0.29) is 17.4 Å². The van der Waals surface area contributed by atoms with E-state index in [4.69, 9.17) is 9.47 Å². The topological polar surface area (TPSA) is 79.3 Å². The average molecular weight is 439 g/mol. The summed E-state index contributed by atoms with van der Waals surface area (Å²) in [5.74, 6) is -0.483. The Bertz CT molecular complexity index is 1030. The molecular formula is C25H30N2O5. The number of likely N-dealkylation sites (N-methyl/N-ethyl adjacent to an activating group) is 1. The maximum atomic E-state index is 13.1. The van der Waals surface area contributed by atoms with Gasteiger partial charge in [-0.1, -0.05) is 30.3 Å². The molecule has 32 heavy (non-hydrogen) atoms. The summed E-state index contributed by atoms with van der Waals surface area (Å²) in [6, 6.07) is 13.3. The fourth-order valence-corrected chi connectivity index (χ4v) is 3.78. The molecule has 3 rings (SSSR count). The van der Waals surface area contributed by atoms with Crippen LogP contribution in [0.4, 0.5) is 0 Å². The van der Waals surface area contributed by atoms with Crippen LogP contribution in [0.2, 0.25) is 0 Å². The molecule has 0 aromatic heterocycles. The Balaban J connectivity index is 2.16. The second-order valence-corrected chi connectivity index (χ2v) is 8.23. The summed E-state index contributed by atoms with van der Waals surface area (Å²) in [6.07, 6.45) is -0.0439. The maximum absolute atomic E-state index is 13.1. The molecule has 0 spiro atoms. The fourth-order valence-electron chi connectivity index (χ4n) is 3.78. The Morgan fingerprint density at radius 1 is 1.12 bits per heavy atom. The molecule has 0 radical (unpaired) electrons. The Labute approximate surface area is 188 Å². The lowest BCUT2D eigenvalue weighted by molar-refractivity contribution is -0.140. The van der Waals surface area contributed by atoms with Gasteiger partial charge in [-0.3, -0.25) is 9.59 Å². The molecule has 1 aliphatic heterocycles. The first-order valence-electron chi connectivity index (χ1n) is 10.6. The number of para-hydroxylation sites is 1. The second kappa shape index (κ2) is 9.87. The molecule has 1 heterocycles. The summed E-state index contributed by atoms with van der Waals surface area (Å²) in [4.78, 5) is 29.6. The van der Waals surface area contributed by atoms with Crippen molar-refractivity contribution in [1.29, 1.82) is 0 Å². The van der Waals surface area contributed by atoms with E-state index in [9.17, 15) is 14.7 Å². The van der Waals surface area contributed by atoms with Crippen molar-refractivity contribution in [3.63, 3.8) is 0 Å². The van der Waals surface area contributed by atoms with E-state index >= 15 is 0 Å². The van der Waals surface area contributed by atoms with Crippen LogP contribution in [0.15, 0.2) is 54.1 Å². The number of likely N-dealkylation sites (tertiary alicyclic amines) is 1. The summed E-state index contributed by atoms with van der Waals surface area (Å²) in [6.45, 7) is 4.71. The summed E-state index contributed by atoms with van der Waals surface area (Å²) in [5.41, 5.74) is 1.10. The highest BCUT2D eigenvalue weighted by Gasteiger charge is 2.46. The maximum Gasteiger partial charge on any atom is 0.295 e. The summed E-state index contributed by atoms with van der Waals surface area (Å²) < 4.78 is 11.2. The van der Waals surface area contributed by atoms with Crippen LogP contribution in [0.3, 0.4) is 0 Å². The number of methoxy groups -OCH3 is 1. The third-order valence-corrected chi connectivity index (χ3v) is 5.24. The standard InChI is InChI=1S/C25H30N2O5/c1-16(2)32-18-10-8-9-17(15-18)23(28)21-22(19-11-6-7-12-20(19)31-5)27(14-13-26(3)4)25(30)24(21)29/h6-12,15-16,22,28H,13-14H2,1-5H3/b23-21+. The van der Waals surface area contributed by atoms with E-state index in [0.29, 0.717) is 35.7 Å². The lowest BCUT2D eigenvalue weighted by Gasteiger charge is -2.27. The fraction of sp³-hybridized carbons (Fsp3) is 0.360. The van der Waals surface area contributed by atoms with Gasteiger partial charge in [-0.25, -0.2) is 0 Å². The summed E-state index contributed by atoms with van der Waals surface area (Å²) in [5, 5.41) is 11.2. The van der Waals surface area contributed by atoms with Crippen molar-refractivity contribution in [2.75, 3.05) is 34.3 Å². The highest BCUT2D eigenvalue weighted by molar-refractivity contribution is 6.46. The number of carbonyl (C=O) groups excluding carboxylic acids is 2.